The number of rotatable bonds is 2. The number of hydrogen-bond acceptors (Lipinski definition) is 4. The van der Waals surface area contributed by atoms with Crippen molar-refractivity contribution in [3.8, 4) is 0 Å². The molecule has 0 aliphatic heterocycles. The van der Waals surface area contributed by atoms with E-state index >= 15 is 0 Å². The van der Waals surface area contributed by atoms with E-state index in [9.17, 15) is 4.79 Å². The first-order chi connectivity index (χ1) is 11.4. The second-order valence-electron chi connectivity index (χ2n) is 6.49. The first-order valence-corrected chi connectivity index (χ1v) is 8.33. The van der Waals surface area contributed by atoms with Crippen LogP contribution in [0.15, 0.2) is 57.1 Å². The van der Waals surface area contributed by atoms with E-state index in [1.807, 2.05) is 45.0 Å². The third-order valence-electron chi connectivity index (χ3n) is 3.51. The molecule has 0 saturated carbocycles. The van der Waals surface area contributed by atoms with Gasteiger partial charge >= 0.3 is 0 Å². The van der Waals surface area contributed by atoms with Crippen LogP contribution in [0.1, 0.15) is 32.2 Å². The summed E-state index contributed by atoms with van der Waals surface area (Å²) in [5, 5.41) is 4.93. The molecule has 24 heavy (non-hydrogen) atoms. The standard InChI is InChI=1S/C18H17BrN4O/c1-18(2,3)17-22-15-5-4-13(19)10-14(15)16(24)23(17)21-11-12-6-8-20-9-7-12/h4-11H,1-3H3. The Hall–Kier alpha value is -2.34. The first-order valence-electron chi connectivity index (χ1n) is 7.53. The van der Waals surface area contributed by atoms with E-state index in [4.69, 9.17) is 0 Å². The minimum Gasteiger partial charge on any atom is -0.267 e. The molecule has 3 rings (SSSR count). The molecule has 0 aliphatic carbocycles. The predicted octanol–water partition coefficient (Wildman–Crippen LogP) is 3.73. The van der Waals surface area contributed by atoms with E-state index in [1.54, 1.807) is 24.7 Å². The Bertz CT molecular complexity index is 972. The number of fused-ring (bicyclic) bond motifs is 1. The fraction of sp³-hybridized carbons (Fsp3) is 0.222. The van der Waals surface area contributed by atoms with E-state index in [1.165, 1.54) is 4.68 Å². The molecule has 0 radical (unpaired) electrons. The fourth-order valence-electron chi connectivity index (χ4n) is 2.32. The van der Waals surface area contributed by atoms with Crippen LogP contribution in [-0.2, 0) is 5.41 Å². The van der Waals surface area contributed by atoms with Gasteiger partial charge in [0.1, 0.15) is 5.82 Å². The third-order valence-corrected chi connectivity index (χ3v) is 4.00. The lowest BCUT2D eigenvalue weighted by Crippen LogP contribution is -2.29. The summed E-state index contributed by atoms with van der Waals surface area (Å²) in [6.45, 7) is 6.04. The van der Waals surface area contributed by atoms with Crippen LogP contribution in [0.4, 0.5) is 0 Å². The molecule has 6 heteroatoms. The van der Waals surface area contributed by atoms with Gasteiger partial charge in [-0.05, 0) is 35.9 Å². The van der Waals surface area contributed by atoms with Gasteiger partial charge in [0, 0.05) is 22.3 Å². The van der Waals surface area contributed by atoms with Crippen LogP contribution in [0.3, 0.4) is 0 Å². The lowest BCUT2D eigenvalue weighted by molar-refractivity contribution is 0.506. The molecular formula is C18H17BrN4O. The molecule has 0 aliphatic rings. The number of aromatic nitrogens is 3. The van der Waals surface area contributed by atoms with Gasteiger partial charge in [0.05, 0.1) is 17.1 Å². The van der Waals surface area contributed by atoms with Crippen molar-refractivity contribution in [3.05, 3.63) is 68.9 Å². The zero-order valence-electron chi connectivity index (χ0n) is 13.7. The molecule has 0 atom stereocenters. The Labute approximate surface area is 148 Å². The van der Waals surface area contributed by atoms with Gasteiger partial charge in [0.2, 0.25) is 0 Å². The molecule has 0 fully saturated rings. The van der Waals surface area contributed by atoms with Crippen LogP contribution >= 0.6 is 15.9 Å². The van der Waals surface area contributed by atoms with Crippen molar-refractivity contribution in [2.75, 3.05) is 0 Å². The number of benzene rings is 1. The lowest BCUT2D eigenvalue weighted by Gasteiger charge is -2.20. The smallest absolute Gasteiger partial charge is 0.267 e. The quantitative estimate of drug-likeness (QED) is 0.632. The summed E-state index contributed by atoms with van der Waals surface area (Å²) >= 11 is 3.40. The normalized spacial score (nSPS) is 12.2. The highest BCUT2D eigenvalue weighted by Crippen LogP contribution is 2.22. The molecule has 0 saturated heterocycles. The Morgan fingerprint density at radius 3 is 2.54 bits per heavy atom. The largest absolute Gasteiger partial charge is 0.282 e. The molecule has 2 heterocycles. The van der Waals surface area contributed by atoms with Crippen molar-refractivity contribution in [2.24, 2.45) is 5.10 Å². The first kappa shape index (κ1) is 16.5. The van der Waals surface area contributed by atoms with Gasteiger partial charge in [0.15, 0.2) is 0 Å². The average molecular weight is 385 g/mol. The summed E-state index contributed by atoms with van der Waals surface area (Å²) < 4.78 is 2.22. The zero-order valence-corrected chi connectivity index (χ0v) is 15.3. The summed E-state index contributed by atoms with van der Waals surface area (Å²) in [7, 11) is 0. The van der Waals surface area contributed by atoms with Crippen molar-refractivity contribution in [3.63, 3.8) is 0 Å². The summed E-state index contributed by atoms with van der Waals surface area (Å²) in [6.07, 6.45) is 5.01. The fourth-order valence-corrected chi connectivity index (χ4v) is 2.68. The van der Waals surface area contributed by atoms with E-state index in [-0.39, 0.29) is 11.0 Å². The molecule has 0 unspecified atom stereocenters. The van der Waals surface area contributed by atoms with Gasteiger partial charge in [0.25, 0.3) is 5.56 Å². The average Bonchev–Trinajstić information content (AvgIpc) is 2.54. The molecule has 3 aromatic rings. The molecule has 0 bridgehead atoms. The number of pyridine rings is 1. The Kier molecular flexibility index (Phi) is 4.32. The van der Waals surface area contributed by atoms with E-state index in [0.717, 1.165) is 10.0 Å². The molecule has 1 aromatic carbocycles. The SMILES string of the molecule is CC(C)(C)c1nc2ccc(Br)cc2c(=O)n1N=Cc1ccncc1. The molecule has 2 aromatic heterocycles. The van der Waals surface area contributed by atoms with Crippen LogP contribution < -0.4 is 5.56 Å². The van der Waals surface area contributed by atoms with E-state index in [0.29, 0.717) is 16.7 Å². The molecular weight excluding hydrogens is 368 g/mol. The zero-order chi connectivity index (χ0) is 17.3. The van der Waals surface area contributed by atoms with Gasteiger partial charge in [-0.1, -0.05) is 36.7 Å². The topological polar surface area (TPSA) is 60.1 Å². The van der Waals surface area contributed by atoms with Crippen LogP contribution in [0.2, 0.25) is 0 Å². The molecule has 0 N–H and O–H groups in total. The highest BCUT2D eigenvalue weighted by molar-refractivity contribution is 9.10. The van der Waals surface area contributed by atoms with Crippen LogP contribution in [0.5, 0.6) is 0 Å². The van der Waals surface area contributed by atoms with Crippen molar-refractivity contribution >= 4 is 33.0 Å². The molecule has 122 valence electrons. The van der Waals surface area contributed by atoms with E-state index < -0.39 is 0 Å². The Morgan fingerprint density at radius 2 is 1.88 bits per heavy atom. The van der Waals surface area contributed by atoms with Gasteiger partial charge < -0.3 is 0 Å². The maximum atomic E-state index is 12.9. The second kappa shape index (κ2) is 6.28. The second-order valence-corrected chi connectivity index (χ2v) is 7.40. The van der Waals surface area contributed by atoms with Crippen LogP contribution in [0.25, 0.3) is 10.9 Å². The summed E-state index contributed by atoms with van der Waals surface area (Å²) in [5.41, 5.74) is 1.03. The Balaban J connectivity index is 2.26. The predicted molar refractivity (Wildman–Crippen MR) is 99.6 cm³/mol. The van der Waals surface area contributed by atoms with Crippen LogP contribution in [-0.4, -0.2) is 20.9 Å². The van der Waals surface area contributed by atoms with Crippen molar-refractivity contribution in [1.82, 2.24) is 14.6 Å². The minimum atomic E-state index is -0.323. The number of halogens is 1. The number of nitrogens with zero attached hydrogens (tertiary/aromatic N) is 4. The molecule has 5 nitrogen and oxygen atoms in total. The van der Waals surface area contributed by atoms with Crippen LogP contribution in [0, 0.1) is 0 Å². The number of hydrogen-bond donors (Lipinski definition) is 0. The lowest BCUT2D eigenvalue weighted by atomic mass is 9.95. The molecule has 0 amide bonds. The third kappa shape index (κ3) is 3.28. The van der Waals surface area contributed by atoms with Crippen molar-refractivity contribution < 1.29 is 0 Å². The maximum absolute atomic E-state index is 12.9. The summed E-state index contributed by atoms with van der Waals surface area (Å²) in [5.74, 6) is 0.618. The van der Waals surface area contributed by atoms with Gasteiger partial charge in [-0.2, -0.15) is 9.78 Å². The van der Waals surface area contributed by atoms with Gasteiger partial charge in [-0.15, -0.1) is 0 Å². The minimum absolute atomic E-state index is 0.184. The van der Waals surface area contributed by atoms with Gasteiger partial charge in [-0.25, -0.2) is 4.98 Å². The van der Waals surface area contributed by atoms with Crippen molar-refractivity contribution in [2.45, 2.75) is 26.2 Å². The van der Waals surface area contributed by atoms with Gasteiger partial charge in [-0.3, -0.25) is 9.78 Å². The summed E-state index contributed by atoms with van der Waals surface area (Å²) in [4.78, 5) is 21.6. The Morgan fingerprint density at radius 1 is 1.17 bits per heavy atom. The van der Waals surface area contributed by atoms with E-state index in [2.05, 4.69) is 31.0 Å². The maximum Gasteiger partial charge on any atom is 0.282 e. The monoisotopic (exact) mass is 384 g/mol. The van der Waals surface area contributed by atoms with Crippen molar-refractivity contribution in [1.29, 1.82) is 0 Å². The summed E-state index contributed by atoms with van der Waals surface area (Å²) in [6, 6.07) is 9.15. The molecule has 0 spiro atoms. The highest BCUT2D eigenvalue weighted by atomic mass is 79.9. The highest BCUT2D eigenvalue weighted by Gasteiger charge is 2.22.